The van der Waals surface area contributed by atoms with E-state index >= 15 is 0 Å². The van der Waals surface area contributed by atoms with Gasteiger partial charge in [-0.3, -0.25) is 4.79 Å². The first-order chi connectivity index (χ1) is 11.8. The Morgan fingerprint density at radius 2 is 1.81 bits per heavy atom. The number of amides is 1. The van der Waals surface area contributed by atoms with Crippen LogP contribution in [0.25, 0.3) is 0 Å². The van der Waals surface area contributed by atoms with Gasteiger partial charge in [-0.05, 0) is 42.7 Å². The van der Waals surface area contributed by atoms with Crippen LogP contribution in [0.15, 0.2) is 54.6 Å². The smallest absolute Gasteiger partial charge is 0.778 e. The zero-order valence-corrected chi connectivity index (χ0v) is 19.0. The fourth-order valence-electron chi connectivity index (χ4n) is 2.33. The summed E-state index contributed by atoms with van der Waals surface area (Å²) in [5.74, 6) is 0.888. The number of rotatable bonds is 8. The van der Waals surface area contributed by atoms with Crippen molar-refractivity contribution >= 4 is 13.5 Å². The SMILES string of the molecule is CN(CCCc1cccc(Oc2ccccc2)c1)C(=O)CP(=O)([O-])O.[K+]. The predicted octanol–water partition coefficient (Wildman–Crippen LogP) is -0.580. The Balaban J connectivity index is 0.00000338. The molecule has 0 radical (unpaired) electrons. The number of hydrogen-bond acceptors (Lipinski definition) is 4. The molecule has 6 nitrogen and oxygen atoms in total. The number of para-hydroxylation sites is 1. The molecule has 2 aromatic carbocycles. The fraction of sp³-hybridized carbons (Fsp3) is 0.278. The molecule has 0 saturated carbocycles. The van der Waals surface area contributed by atoms with Crippen molar-refractivity contribution in [3.63, 3.8) is 0 Å². The first-order valence-electron chi connectivity index (χ1n) is 7.92. The van der Waals surface area contributed by atoms with Gasteiger partial charge in [-0.15, -0.1) is 0 Å². The van der Waals surface area contributed by atoms with Gasteiger partial charge in [-0.2, -0.15) is 0 Å². The second kappa shape index (κ2) is 11.4. The van der Waals surface area contributed by atoms with E-state index in [0.29, 0.717) is 13.0 Å². The maximum atomic E-state index is 11.6. The molecule has 0 bridgehead atoms. The van der Waals surface area contributed by atoms with E-state index in [9.17, 15) is 14.3 Å². The fourth-order valence-corrected chi connectivity index (χ4v) is 2.91. The minimum absolute atomic E-state index is 0. The molecule has 26 heavy (non-hydrogen) atoms. The zero-order valence-electron chi connectivity index (χ0n) is 15.0. The summed E-state index contributed by atoms with van der Waals surface area (Å²) in [6.07, 6.45) is 0.535. The summed E-state index contributed by atoms with van der Waals surface area (Å²) in [6.45, 7) is 0.405. The van der Waals surface area contributed by atoms with Gasteiger partial charge in [0.25, 0.3) is 0 Å². The van der Waals surface area contributed by atoms with E-state index in [1.165, 1.54) is 11.9 Å². The van der Waals surface area contributed by atoms with Crippen LogP contribution in [-0.4, -0.2) is 35.5 Å². The van der Waals surface area contributed by atoms with Crippen LogP contribution >= 0.6 is 7.60 Å². The van der Waals surface area contributed by atoms with Crippen LogP contribution in [0.2, 0.25) is 0 Å². The minimum Gasteiger partial charge on any atom is -0.778 e. The van der Waals surface area contributed by atoms with Gasteiger partial charge in [0.15, 0.2) is 0 Å². The van der Waals surface area contributed by atoms with E-state index in [-0.39, 0.29) is 51.4 Å². The molecular formula is C18H21KNO5P. The van der Waals surface area contributed by atoms with Crippen LogP contribution in [0.1, 0.15) is 12.0 Å². The standard InChI is InChI=1S/C18H22NO5P.K/c1-19(18(20)14-25(21,22)23)12-6-8-15-7-5-11-17(13-15)24-16-9-3-2-4-10-16;/h2-5,7,9-11,13H,6,8,12,14H2,1H3,(H2,21,22,23);/q;+1/p-1. The van der Waals surface area contributed by atoms with Crippen LogP contribution in [0, 0.1) is 0 Å². The predicted molar refractivity (Wildman–Crippen MR) is 93.6 cm³/mol. The van der Waals surface area contributed by atoms with Crippen molar-refractivity contribution in [3.05, 3.63) is 60.2 Å². The molecule has 134 valence electrons. The Hall–Kier alpha value is -0.504. The van der Waals surface area contributed by atoms with Gasteiger partial charge in [0, 0.05) is 13.6 Å². The number of nitrogens with zero attached hydrogens (tertiary/aromatic N) is 1. The van der Waals surface area contributed by atoms with Crippen molar-refractivity contribution in [1.29, 1.82) is 0 Å². The third kappa shape index (κ3) is 8.93. The summed E-state index contributed by atoms with van der Waals surface area (Å²) in [7, 11) is -3.04. The largest absolute Gasteiger partial charge is 1.00 e. The molecule has 1 unspecified atom stereocenters. The van der Waals surface area contributed by atoms with Crippen molar-refractivity contribution in [2.24, 2.45) is 0 Å². The number of benzene rings is 2. The maximum absolute atomic E-state index is 11.6. The average molecular weight is 401 g/mol. The molecular weight excluding hydrogens is 380 g/mol. The molecule has 0 aromatic heterocycles. The Morgan fingerprint density at radius 3 is 2.46 bits per heavy atom. The van der Waals surface area contributed by atoms with Crippen LogP contribution in [-0.2, 0) is 15.8 Å². The summed E-state index contributed by atoms with van der Waals surface area (Å²) in [4.78, 5) is 32.4. The number of carbonyl (C=O) groups excluding carboxylic acids is 1. The Kier molecular flexibility index (Phi) is 10.3. The van der Waals surface area contributed by atoms with Gasteiger partial charge in [0.05, 0.1) is 6.16 Å². The Labute approximate surface area is 196 Å². The molecule has 8 heteroatoms. The molecule has 0 heterocycles. The van der Waals surface area contributed by atoms with Gasteiger partial charge in [-0.1, -0.05) is 30.3 Å². The monoisotopic (exact) mass is 401 g/mol. The molecule has 1 N–H and O–H groups in total. The summed E-state index contributed by atoms with van der Waals surface area (Å²) in [5.41, 5.74) is 1.06. The normalized spacial score (nSPS) is 12.6. The first-order valence-corrected chi connectivity index (χ1v) is 9.68. The van der Waals surface area contributed by atoms with Crippen molar-refractivity contribution in [2.45, 2.75) is 12.8 Å². The molecule has 0 aliphatic heterocycles. The van der Waals surface area contributed by atoms with Crippen LogP contribution in [0.5, 0.6) is 11.5 Å². The molecule has 2 rings (SSSR count). The van der Waals surface area contributed by atoms with Gasteiger partial charge in [-0.25, -0.2) is 0 Å². The second-order valence-electron chi connectivity index (χ2n) is 5.78. The molecule has 0 fully saturated rings. The van der Waals surface area contributed by atoms with Gasteiger partial charge in [0.2, 0.25) is 5.91 Å². The number of hydrogen-bond donors (Lipinski definition) is 1. The third-order valence-corrected chi connectivity index (χ3v) is 4.27. The van der Waals surface area contributed by atoms with E-state index in [1.807, 2.05) is 54.6 Å². The van der Waals surface area contributed by atoms with Crippen molar-refractivity contribution in [2.75, 3.05) is 19.8 Å². The summed E-state index contributed by atoms with van der Waals surface area (Å²) >= 11 is 0. The first kappa shape index (κ1) is 23.5. The third-order valence-electron chi connectivity index (χ3n) is 3.60. The topological polar surface area (TPSA) is 89.9 Å². The van der Waals surface area contributed by atoms with Gasteiger partial charge in [0.1, 0.15) is 19.1 Å². The molecule has 0 saturated heterocycles. The average Bonchev–Trinajstić information content (AvgIpc) is 2.54. The van der Waals surface area contributed by atoms with E-state index in [4.69, 9.17) is 9.63 Å². The zero-order chi connectivity index (χ0) is 18.3. The minimum atomic E-state index is -4.56. The van der Waals surface area contributed by atoms with Gasteiger partial charge < -0.3 is 24.0 Å². The molecule has 0 aliphatic carbocycles. The second-order valence-corrected chi connectivity index (χ2v) is 7.37. The van der Waals surface area contributed by atoms with Crippen LogP contribution < -0.4 is 61.0 Å². The van der Waals surface area contributed by atoms with E-state index in [1.54, 1.807) is 0 Å². The van der Waals surface area contributed by atoms with E-state index in [2.05, 4.69) is 0 Å². The van der Waals surface area contributed by atoms with Crippen molar-refractivity contribution in [3.8, 4) is 11.5 Å². The molecule has 0 aliphatic rings. The number of carbonyl (C=O) groups is 1. The van der Waals surface area contributed by atoms with E-state index < -0.39 is 19.7 Å². The molecule has 0 spiro atoms. The number of aryl methyl sites for hydroxylation is 1. The van der Waals surface area contributed by atoms with Crippen LogP contribution in [0.3, 0.4) is 0 Å². The maximum Gasteiger partial charge on any atom is 1.00 e. The molecule has 1 atom stereocenters. The van der Waals surface area contributed by atoms with Crippen molar-refractivity contribution < 1.29 is 75.3 Å². The Bertz CT molecular complexity index is 750. The molecule has 1 amide bonds. The van der Waals surface area contributed by atoms with Crippen molar-refractivity contribution in [1.82, 2.24) is 4.90 Å². The number of ether oxygens (including phenoxy) is 1. The van der Waals surface area contributed by atoms with Gasteiger partial charge >= 0.3 is 51.4 Å². The molecule has 2 aromatic rings. The summed E-state index contributed by atoms with van der Waals surface area (Å²) in [6, 6.07) is 17.2. The van der Waals surface area contributed by atoms with E-state index in [0.717, 1.165) is 23.5 Å². The quantitative estimate of drug-likeness (QED) is 0.472. The summed E-state index contributed by atoms with van der Waals surface area (Å²) in [5, 5.41) is 0. The van der Waals surface area contributed by atoms with Crippen LogP contribution in [0.4, 0.5) is 0 Å². The summed E-state index contributed by atoms with van der Waals surface area (Å²) < 4.78 is 16.5. The Morgan fingerprint density at radius 1 is 1.15 bits per heavy atom.